The van der Waals surface area contributed by atoms with Gasteiger partial charge in [-0.2, -0.15) is 0 Å². The molecule has 0 radical (unpaired) electrons. The lowest BCUT2D eigenvalue weighted by molar-refractivity contribution is 0.102. The van der Waals surface area contributed by atoms with Crippen LogP contribution in [0.2, 0.25) is 0 Å². The summed E-state index contributed by atoms with van der Waals surface area (Å²) >= 11 is 0. The van der Waals surface area contributed by atoms with Crippen molar-refractivity contribution < 1.29 is 14.0 Å². The SMILES string of the molecule is Cc1ccc(NC(=O)c2coc3ccccc3c2=O)c(C(=O)c2ccccc2)c1. The van der Waals surface area contributed by atoms with Gasteiger partial charge < -0.3 is 9.73 Å². The predicted octanol–water partition coefficient (Wildman–Crippen LogP) is 4.58. The van der Waals surface area contributed by atoms with Gasteiger partial charge in [0, 0.05) is 11.1 Å². The van der Waals surface area contributed by atoms with E-state index in [2.05, 4.69) is 5.32 Å². The smallest absolute Gasteiger partial charge is 0.262 e. The van der Waals surface area contributed by atoms with Crippen LogP contribution in [0.4, 0.5) is 5.69 Å². The summed E-state index contributed by atoms with van der Waals surface area (Å²) in [5, 5.41) is 3.01. The molecular weight excluding hydrogens is 366 g/mol. The average Bonchev–Trinajstić information content (AvgIpc) is 2.75. The molecule has 1 N–H and O–H groups in total. The fourth-order valence-corrected chi connectivity index (χ4v) is 3.12. The Kier molecular flexibility index (Phi) is 4.79. The molecule has 3 aromatic carbocycles. The Morgan fingerprint density at radius 3 is 2.38 bits per heavy atom. The number of carbonyl (C=O) groups excluding carboxylic acids is 2. The normalized spacial score (nSPS) is 10.7. The van der Waals surface area contributed by atoms with Crippen LogP contribution < -0.4 is 10.7 Å². The summed E-state index contributed by atoms with van der Waals surface area (Å²) in [6, 6.07) is 20.7. The van der Waals surface area contributed by atoms with Crippen molar-refractivity contribution in [3.8, 4) is 0 Å². The van der Waals surface area contributed by atoms with Crippen molar-refractivity contribution in [2.75, 3.05) is 5.32 Å². The molecule has 4 rings (SSSR count). The Hall–Kier alpha value is -3.99. The number of hydrogen-bond acceptors (Lipinski definition) is 4. The van der Waals surface area contributed by atoms with Crippen LogP contribution in [0.1, 0.15) is 31.8 Å². The van der Waals surface area contributed by atoms with E-state index in [0.29, 0.717) is 27.8 Å². The number of anilines is 1. The molecule has 0 aliphatic carbocycles. The lowest BCUT2D eigenvalue weighted by Gasteiger charge is -2.11. The molecule has 0 fully saturated rings. The van der Waals surface area contributed by atoms with Crippen LogP contribution in [0.5, 0.6) is 0 Å². The van der Waals surface area contributed by atoms with Gasteiger partial charge in [-0.3, -0.25) is 14.4 Å². The van der Waals surface area contributed by atoms with Crippen LogP contribution in [0, 0.1) is 6.92 Å². The maximum absolute atomic E-state index is 12.9. The monoisotopic (exact) mass is 383 g/mol. The van der Waals surface area contributed by atoms with Crippen molar-refractivity contribution in [2.24, 2.45) is 0 Å². The molecule has 0 aliphatic rings. The van der Waals surface area contributed by atoms with Crippen molar-refractivity contribution in [1.29, 1.82) is 0 Å². The molecule has 4 aromatic rings. The van der Waals surface area contributed by atoms with E-state index in [1.54, 1.807) is 66.7 Å². The van der Waals surface area contributed by atoms with Crippen molar-refractivity contribution in [1.82, 2.24) is 0 Å². The molecule has 0 spiro atoms. The van der Waals surface area contributed by atoms with Crippen LogP contribution in [0.15, 0.2) is 88.3 Å². The minimum Gasteiger partial charge on any atom is -0.463 e. The molecule has 0 aliphatic heterocycles. The first kappa shape index (κ1) is 18.4. The van der Waals surface area contributed by atoms with Gasteiger partial charge in [-0.05, 0) is 31.2 Å². The quantitative estimate of drug-likeness (QED) is 0.523. The first-order valence-corrected chi connectivity index (χ1v) is 9.07. The first-order chi connectivity index (χ1) is 14.0. The summed E-state index contributed by atoms with van der Waals surface area (Å²) in [7, 11) is 0. The summed E-state index contributed by atoms with van der Waals surface area (Å²) in [6.45, 7) is 1.87. The molecule has 5 heteroatoms. The number of aryl methyl sites for hydroxylation is 1. The van der Waals surface area contributed by atoms with Gasteiger partial charge in [0.05, 0.1) is 11.1 Å². The molecule has 1 amide bonds. The van der Waals surface area contributed by atoms with Crippen LogP contribution in [-0.2, 0) is 0 Å². The maximum Gasteiger partial charge on any atom is 0.262 e. The Morgan fingerprint density at radius 2 is 1.59 bits per heavy atom. The number of benzene rings is 3. The standard InChI is InChI=1S/C24H17NO4/c1-15-11-12-20(18(13-15)22(26)16-7-3-2-4-8-16)25-24(28)19-14-29-21-10-6-5-9-17(21)23(19)27/h2-14H,1H3,(H,25,28). The first-order valence-electron chi connectivity index (χ1n) is 9.07. The highest BCUT2D eigenvalue weighted by molar-refractivity contribution is 6.15. The molecule has 0 bridgehead atoms. The zero-order chi connectivity index (χ0) is 20.4. The second-order valence-corrected chi connectivity index (χ2v) is 6.67. The van der Waals surface area contributed by atoms with Gasteiger partial charge in [0.2, 0.25) is 5.43 Å². The average molecular weight is 383 g/mol. The molecular formula is C24H17NO4. The van der Waals surface area contributed by atoms with Crippen LogP contribution in [0.3, 0.4) is 0 Å². The number of nitrogens with one attached hydrogen (secondary N) is 1. The second kappa shape index (κ2) is 7.56. The van der Waals surface area contributed by atoms with Gasteiger partial charge in [0.15, 0.2) is 5.78 Å². The number of carbonyl (C=O) groups is 2. The highest BCUT2D eigenvalue weighted by Crippen LogP contribution is 2.22. The van der Waals surface area contributed by atoms with E-state index in [-0.39, 0.29) is 11.3 Å². The molecule has 0 unspecified atom stereocenters. The Bertz CT molecular complexity index is 1290. The molecule has 0 atom stereocenters. The highest BCUT2D eigenvalue weighted by atomic mass is 16.3. The van der Waals surface area contributed by atoms with E-state index >= 15 is 0 Å². The molecule has 1 heterocycles. The minimum atomic E-state index is -0.629. The number of hydrogen-bond donors (Lipinski definition) is 1. The van der Waals surface area contributed by atoms with Gasteiger partial charge >= 0.3 is 0 Å². The topological polar surface area (TPSA) is 76.4 Å². The van der Waals surface area contributed by atoms with Crippen molar-refractivity contribution in [3.63, 3.8) is 0 Å². The zero-order valence-electron chi connectivity index (χ0n) is 15.6. The van der Waals surface area contributed by atoms with E-state index < -0.39 is 11.3 Å². The summed E-state index contributed by atoms with van der Waals surface area (Å²) in [5.74, 6) is -0.842. The molecule has 142 valence electrons. The van der Waals surface area contributed by atoms with Gasteiger partial charge in [0.1, 0.15) is 17.4 Å². The third-order valence-electron chi connectivity index (χ3n) is 4.63. The van der Waals surface area contributed by atoms with Crippen LogP contribution >= 0.6 is 0 Å². The Balaban J connectivity index is 1.72. The number of amides is 1. The molecule has 1 aromatic heterocycles. The number of para-hydroxylation sites is 1. The minimum absolute atomic E-state index is 0.123. The Morgan fingerprint density at radius 1 is 0.862 bits per heavy atom. The van der Waals surface area contributed by atoms with E-state index in [4.69, 9.17) is 4.42 Å². The third kappa shape index (κ3) is 3.58. The van der Waals surface area contributed by atoms with E-state index in [1.165, 1.54) is 0 Å². The fourth-order valence-electron chi connectivity index (χ4n) is 3.12. The number of fused-ring (bicyclic) bond motifs is 1. The van der Waals surface area contributed by atoms with Crippen molar-refractivity contribution in [3.05, 3.63) is 112 Å². The van der Waals surface area contributed by atoms with Crippen LogP contribution in [-0.4, -0.2) is 11.7 Å². The van der Waals surface area contributed by atoms with E-state index in [1.807, 2.05) is 13.0 Å². The maximum atomic E-state index is 12.9. The Labute approximate surface area is 166 Å². The fraction of sp³-hybridized carbons (Fsp3) is 0.0417. The van der Waals surface area contributed by atoms with Crippen molar-refractivity contribution >= 4 is 28.3 Å². The van der Waals surface area contributed by atoms with Crippen LogP contribution in [0.25, 0.3) is 11.0 Å². The number of rotatable bonds is 4. The third-order valence-corrected chi connectivity index (χ3v) is 4.63. The van der Waals surface area contributed by atoms with Gasteiger partial charge in [-0.15, -0.1) is 0 Å². The van der Waals surface area contributed by atoms with Gasteiger partial charge in [0.25, 0.3) is 5.91 Å². The zero-order valence-corrected chi connectivity index (χ0v) is 15.6. The number of ketones is 1. The van der Waals surface area contributed by atoms with Crippen molar-refractivity contribution in [2.45, 2.75) is 6.92 Å². The summed E-state index contributed by atoms with van der Waals surface area (Å²) in [6.07, 6.45) is 1.15. The second-order valence-electron chi connectivity index (χ2n) is 6.67. The van der Waals surface area contributed by atoms with E-state index in [9.17, 15) is 14.4 Å². The van der Waals surface area contributed by atoms with Gasteiger partial charge in [-0.1, -0.05) is 54.1 Å². The summed E-state index contributed by atoms with van der Waals surface area (Å²) in [4.78, 5) is 38.4. The molecule has 0 saturated heterocycles. The molecule has 5 nitrogen and oxygen atoms in total. The largest absolute Gasteiger partial charge is 0.463 e. The van der Waals surface area contributed by atoms with Gasteiger partial charge in [-0.25, -0.2) is 0 Å². The molecule has 29 heavy (non-hydrogen) atoms. The van der Waals surface area contributed by atoms with E-state index in [0.717, 1.165) is 11.8 Å². The lowest BCUT2D eigenvalue weighted by atomic mass is 9.99. The summed E-state index contributed by atoms with van der Waals surface area (Å²) < 4.78 is 5.42. The predicted molar refractivity (Wildman–Crippen MR) is 111 cm³/mol. The lowest BCUT2D eigenvalue weighted by Crippen LogP contribution is -2.22. The highest BCUT2D eigenvalue weighted by Gasteiger charge is 2.19. The summed E-state index contributed by atoms with van der Waals surface area (Å²) in [5.41, 5.74) is 1.95. The molecule has 0 saturated carbocycles.